The Labute approximate surface area is 130 Å². The molecule has 122 valence electrons. The molecule has 3 rings (SSSR count). The molecule has 0 aromatic rings. The summed E-state index contributed by atoms with van der Waals surface area (Å²) in [5.41, 5.74) is 0. The maximum atomic E-state index is 5.98. The first-order valence-electron chi connectivity index (χ1n) is 8.12. The summed E-state index contributed by atoms with van der Waals surface area (Å²) in [4.78, 5) is 2.55. The third-order valence-corrected chi connectivity index (χ3v) is 5.75. The zero-order valence-corrected chi connectivity index (χ0v) is 14.7. The molecule has 0 aromatic heterocycles. The lowest BCUT2D eigenvalue weighted by Crippen LogP contribution is -2.54. The summed E-state index contributed by atoms with van der Waals surface area (Å²) in [6, 6.07) is 0.511. The van der Waals surface area contributed by atoms with Gasteiger partial charge in [0.15, 0.2) is 0 Å². The highest BCUT2D eigenvalue weighted by molar-refractivity contribution is 7.41. The third kappa shape index (κ3) is 5.01. The van der Waals surface area contributed by atoms with Gasteiger partial charge < -0.3 is 13.6 Å². The van der Waals surface area contributed by atoms with Crippen LogP contribution in [0.4, 0.5) is 0 Å². The van der Waals surface area contributed by atoms with Gasteiger partial charge in [-0.2, -0.15) is 0 Å². The van der Waals surface area contributed by atoms with Crippen LogP contribution < -0.4 is 0 Å². The number of hydrogen-bond acceptors (Lipinski definition) is 4. The lowest BCUT2D eigenvalue weighted by Gasteiger charge is -2.49. The van der Waals surface area contributed by atoms with Crippen molar-refractivity contribution in [3.8, 4) is 0 Å². The summed E-state index contributed by atoms with van der Waals surface area (Å²) >= 11 is 0. The van der Waals surface area contributed by atoms with Crippen molar-refractivity contribution < 1.29 is 13.6 Å². The number of piperidine rings is 3. The first-order valence-corrected chi connectivity index (χ1v) is 9.22. The SMILES string of the molecule is C=C[C@H]1CN2CC[C@H]1C[C@@H]2COP(OC(C)C)OC(C)C. The van der Waals surface area contributed by atoms with Crippen LogP contribution in [0.2, 0.25) is 0 Å². The van der Waals surface area contributed by atoms with Crippen molar-refractivity contribution in [2.24, 2.45) is 11.8 Å². The minimum atomic E-state index is -1.24. The monoisotopic (exact) mass is 315 g/mol. The molecule has 3 aliphatic heterocycles. The van der Waals surface area contributed by atoms with Crippen LogP contribution in [0, 0.1) is 11.8 Å². The Balaban J connectivity index is 1.82. The Morgan fingerprint density at radius 1 is 1.24 bits per heavy atom. The zero-order chi connectivity index (χ0) is 15.4. The van der Waals surface area contributed by atoms with Gasteiger partial charge in [-0.15, -0.1) is 6.58 Å². The van der Waals surface area contributed by atoms with Gasteiger partial charge in [0, 0.05) is 12.6 Å². The summed E-state index contributed by atoms with van der Waals surface area (Å²) < 4.78 is 17.5. The molecule has 0 amide bonds. The molecule has 0 saturated carbocycles. The van der Waals surface area contributed by atoms with E-state index in [4.69, 9.17) is 13.6 Å². The average Bonchev–Trinajstić information content (AvgIpc) is 2.44. The van der Waals surface area contributed by atoms with Gasteiger partial charge in [-0.1, -0.05) is 6.08 Å². The van der Waals surface area contributed by atoms with Gasteiger partial charge in [-0.25, -0.2) is 0 Å². The fourth-order valence-electron chi connectivity index (χ4n) is 3.20. The van der Waals surface area contributed by atoms with Crippen LogP contribution in [0.3, 0.4) is 0 Å². The molecular formula is C16H30NO3P. The van der Waals surface area contributed by atoms with Gasteiger partial charge >= 0.3 is 8.60 Å². The lowest BCUT2D eigenvalue weighted by molar-refractivity contribution is -0.00846. The summed E-state index contributed by atoms with van der Waals surface area (Å²) in [7, 11) is -1.24. The van der Waals surface area contributed by atoms with Crippen molar-refractivity contribution in [1.29, 1.82) is 0 Å². The van der Waals surface area contributed by atoms with Gasteiger partial charge in [-0.3, -0.25) is 4.90 Å². The summed E-state index contributed by atoms with van der Waals surface area (Å²) in [5.74, 6) is 1.44. The van der Waals surface area contributed by atoms with Gasteiger partial charge in [0.1, 0.15) is 0 Å². The highest BCUT2D eigenvalue weighted by Gasteiger charge is 2.39. The predicted molar refractivity (Wildman–Crippen MR) is 87.1 cm³/mol. The van der Waals surface area contributed by atoms with Gasteiger partial charge in [-0.05, 0) is 58.9 Å². The van der Waals surface area contributed by atoms with E-state index in [0.717, 1.165) is 12.5 Å². The van der Waals surface area contributed by atoms with Crippen molar-refractivity contribution >= 4 is 8.60 Å². The minimum absolute atomic E-state index is 0.128. The maximum absolute atomic E-state index is 5.98. The molecule has 3 heterocycles. The molecule has 5 heteroatoms. The molecule has 1 unspecified atom stereocenters. The van der Waals surface area contributed by atoms with Crippen LogP contribution in [0.1, 0.15) is 40.5 Å². The van der Waals surface area contributed by atoms with E-state index < -0.39 is 8.60 Å². The number of rotatable bonds is 8. The minimum Gasteiger partial charge on any atom is -0.311 e. The molecule has 0 spiro atoms. The quantitative estimate of drug-likeness (QED) is 0.501. The largest absolute Gasteiger partial charge is 0.333 e. The van der Waals surface area contributed by atoms with Crippen LogP contribution in [-0.4, -0.2) is 42.8 Å². The second kappa shape index (κ2) is 8.03. The molecule has 0 aliphatic carbocycles. The van der Waals surface area contributed by atoms with Crippen LogP contribution in [0.5, 0.6) is 0 Å². The fourth-order valence-corrected chi connectivity index (χ4v) is 4.35. The molecule has 4 atom stereocenters. The van der Waals surface area contributed by atoms with Gasteiger partial charge in [0.25, 0.3) is 0 Å². The van der Waals surface area contributed by atoms with Crippen LogP contribution in [0.15, 0.2) is 12.7 Å². The number of fused-ring (bicyclic) bond motifs is 3. The van der Waals surface area contributed by atoms with Crippen molar-refractivity contribution in [1.82, 2.24) is 4.90 Å². The molecule has 0 N–H and O–H groups in total. The van der Waals surface area contributed by atoms with E-state index in [-0.39, 0.29) is 12.2 Å². The third-order valence-electron chi connectivity index (χ3n) is 4.20. The number of hydrogen-bond donors (Lipinski definition) is 0. The molecule has 2 bridgehead atoms. The molecule has 21 heavy (non-hydrogen) atoms. The van der Waals surface area contributed by atoms with Crippen LogP contribution >= 0.6 is 8.60 Å². The Bertz CT molecular complexity index is 327. The Hall–Kier alpha value is 0.0100. The fraction of sp³-hybridized carbons (Fsp3) is 0.875. The highest BCUT2D eigenvalue weighted by Crippen LogP contribution is 2.44. The van der Waals surface area contributed by atoms with E-state index >= 15 is 0 Å². The van der Waals surface area contributed by atoms with E-state index in [9.17, 15) is 0 Å². The van der Waals surface area contributed by atoms with Crippen molar-refractivity contribution in [3.05, 3.63) is 12.7 Å². The molecule has 4 nitrogen and oxygen atoms in total. The number of nitrogens with zero attached hydrogens (tertiary/aromatic N) is 1. The molecule has 3 saturated heterocycles. The first kappa shape index (κ1) is 17.4. The smallest absolute Gasteiger partial charge is 0.311 e. The molecule has 3 aliphatic rings. The van der Waals surface area contributed by atoms with E-state index in [2.05, 4.69) is 17.6 Å². The van der Waals surface area contributed by atoms with Crippen molar-refractivity contribution in [2.75, 3.05) is 19.7 Å². The standard InChI is InChI=1S/C16H30NO3P/c1-6-14-10-17-8-7-15(14)9-16(17)11-18-21(19-12(2)3)20-13(4)5/h6,12-16H,1,7-11H2,2-5H3/t14-,15-,16+/m0/s1. The first-order chi connectivity index (χ1) is 9.99. The summed E-state index contributed by atoms with van der Waals surface area (Å²) in [5, 5.41) is 0. The zero-order valence-electron chi connectivity index (χ0n) is 13.8. The Morgan fingerprint density at radius 2 is 1.90 bits per heavy atom. The van der Waals surface area contributed by atoms with E-state index in [1.54, 1.807) is 0 Å². The Kier molecular flexibility index (Phi) is 6.64. The average molecular weight is 315 g/mol. The van der Waals surface area contributed by atoms with E-state index in [1.165, 1.54) is 19.4 Å². The van der Waals surface area contributed by atoms with E-state index in [1.807, 2.05) is 27.7 Å². The second-order valence-electron chi connectivity index (χ2n) is 6.66. The second-order valence-corrected chi connectivity index (χ2v) is 7.79. The van der Waals surface area contributed by atoms with E-state index in [0.29, 0.717) is 18.6 Å². The predicted octanol–water partition coefficient (Wildman–Crippen LogP) is 3.98. The molecule has 3 fully saturated rings. The molecule has 0 radical (unpaired) electrons. The molecule has 0 aromatic carbocycles. The van der Waals surface area contributed by atoms with Gasteiger partial charge in [0.2, 0.25) is 0 Å². The maximum Gasteiger partial charge on any atom is 0.333 e. The topological polar surface area (TPSA) is 30.9 Å². The van der Waals surface area contributed by atoms with Crippen molar-refractivity contribution in [2.45, 2.75) is 58.8 Å². The lowest BCUT2D eigenvalue weighted by atomic mass is 9.76. The van der Waals surface area contributed by atoms with Gasteiger partial charge in [0.05, 0.1) is 18.8 Å². The highest BCUT2D eigenvalue weighted by atomic mass is 31.2. The van der Waals surface area contributed by atoms with Crippen LogP contribution in [0.25, 0.3) is 0 Å². The summed E-state index contributed by atoms with van der Waals surface area (Å²) in [6.45, 7) is 15.1. The summed E-state index contributed by atoms with van der Waals surface area (Å²) in [6.07, 6.45) is 4.90. The normalized spacial score (nSPS) is 32.3. The van der Waals surface area contributed by atoms with Crippen LogP contribution in [-0.2, 0) is 13.6 Å². The van der Waals surface area contributed by atoms with Crippen molar-refractivity contribution in [3.63, 3.8) is 0 Å². The molecular weight excluding hydrogens is 285 g/mol. The Morgan fingerprint density at radius 3 is 2.38 bits per heavy atom.